The van der Waals surface area contributed by atoms with E-state index in [9.17, 15) is 31.7 Å². The van der Waals surface area contributed by atoms with Gasteiger partial charge in [0.2, 0.25) is 5.13 Å². The van der Waals surface area contributed by atoms with Crippen molar-refractivity contribution in [2.24, 2.45) is 5.14 Å². The van der Waals surface area contributed by atoms with Crippen molar-refractivity contribution in [1.29, 1.82) is 0 Å². The van der Waals surface area contributed by atoms with E-state index in [-0.39, 0.29) is 22.8 Å². The molecule has 2 aromatic heterocycles. The molecule has 5 aromatic rings. The van der Waals surface area contributed by atoms with E-state index in [1.807, 2.05) is 0 Å². The third-order valence-electron chi connectivity index (χ3n) is 5.99. The van der Waals surface area contributed by atoms with Crippen molar-refractivity contribution in [3.05, 3.63) is 107 Å². The van der Waals surface area contributed by atoms with E-state index in [1.165, 1.54) is 36.4 Å². The minimum absolute atomic E-state index is 0.00911. The van der Waals surface area contributed by atoms with E-state index >= 15 is 0 Å². The molecule has 0 radical (unpaired) electrons. The van der Waals surface area contributed by atoms with Crippen LogP contribution >= 0.6 is 11.3 Å². The number of halogens is 4. The number of carbonyl (C=O) groups is 1. The minimum atomic E-state index is -4.89. The van der Waals surface area contributed by atoms with Crippen molar-refractivity contribution in [3.8, 4) is 27.5 Å². The number of hydrogen-bond acceptors (Lipinski definition) is 5. The van der Waals surface area contributed by atoms with Crippen molar-refractivity contribution in [2.45, 2.75) is 17.5 Å². The molecule has 0 saturated carbocycles. The maximum absolute atomic E-state index is 14.7. The van der Waals surface area contributed by atoms with Gasteiger partial charge in [-0.05, 0) is 47.0 Å². The summed E-state index contributed by atoms with van der Waals surface area (Å²) in [4.78, 5) is 15.5. The Morgan fingerprint density at radius 3 is 2.27 bits per heavy atom. The van der Waals surface area contributed by atoms with Crippen molar-refractivity contribution in [2.75, 3.05) is 0 Å². The number of nitrogens with two attached hydrogens (primary N) is 1. The van der Waals surface area contributed by atoms with Gasteiger partial charge in [0.15, 0.2) is 11.4 Å². The summed E-state index contributed by atoms with van der Waals surface area (Å²) in [5.74, 6) is -1.81. The summed E-state index contributed by atoms with van der Waals surface area (Å²) in [6.45, 7) is 0. The predicted molar refractivity (Wildman–Crippen MR) is 142 cm³/mol. The number of rotatable bonds is 7. The normalized spacial score (nSPS) is 12.4. The van der Waals surface area contributed by atoms with Gasteiger partial charge in [-0.2, -0.15) is 18.3 Å². The van der Waals surface area contributed by atoms with Gasteiger partial charge in [0.25, 0.3) is 0 Å². The summed E-state index contributed by atoms with van der Waals surface area (Å²) in [5.41, 5.74) is 0.437. The first-order valence-electron chi connectivity index (χ1n) is 11.5. The molecule has 40 heavy (non-hydrogen) atoms. The van der Waals surface area contributed by atoms with Crippen LogP contribution in [0.15, 0.2) is 83.1 Å². The monoisotopic (exact) mass is 586 g/mol. The van der Waals surface area contributed by atoms with E-state index < -0.39 is 40.3 Å². The number of nitrogens with zero attached hydrogens (tertiary/aromatic N) is 3. The summed E-state index contributed by atoms with van der Waals surface area (Å²) >= 11 is 0.717. The van der Waals surface area contributed by atoms with Crippen LogP contribution in [0.3, 0.4) is 0 Å². The number of alkyl halides is 3. The maximum Gasteiger partial charge on any atom is 0.433 e. The van der Waals surface area contributed by atoms with Crippen LogP contribution in [0.5, 0.6) is 0 Å². The topological polar surface area (TPSA) is 111 Å². The first kappa shape index (κ1) is 27.4. The Labute approximate surface area is 231 Å². The number of aromatic carboxylic acids is 1. The average molecular weight is 587 g/mol. The minimum Gasteiger partial charge on any atom is -0.476 e. The molecule has 1 unspecified atom stereocenters. The Balaban J connectivity index is 1.71. The lowest BCUT2D eigenvalue weighted by Crippen LogP contribution is -2.16. The Morgan fingerprint density at radius 1 is 1.00 bits per heavy atom. The van der Waals surface area contributed by atoms with Crippen molar-refractivity contribution < 1.29 is 31.7 Å². The van der Waals surface area contributed by atoms with Crippen molar-refractivity contribution in [3.63, 3.8) is 0 Å². The summed E-state index contributed by atoms with van der Waals surface area (Å²) in [6, 6.07) is 18.3. The molecule has 0 bridgehead atoms. The highest BCUT2D eigenvalue weighted by Crippen LogP contribution is 2.40. The van der Waals surface area contributed by atoms with Gasteiger partial charge in [0.1, 0.15) is 16.8 Å². The van der Waals surface area contributed by atoms with Crippen LogP contribution in [0.25, 0.3) is 27.5 Å². The first-order chi connectivity index (χ1) is 19.0. The van der Waals surface area contributed by atoms with Crippen LogP contribution in [0.1, 0.15) is 27.3 Å². The lowest BCUT2D eigenvalue weighted by Gasteiger charge is -2.12. The molecule has 204 valence electrons. The second-order valence-corrected chi connectivity index (χ2v) is 10.5. The van der Waals surface area contributed by atoms with Gasteiger partial charge in [-0.3, -0.25) is 0 Å². The second kappa shape index (κ2) is 10.8. The second-order valence-electron chi connectivity index (χ2n) is 8.61. The summed E-state index contributed by atoms with van der Waals surface area (Å²) in [6.07, 6.45) is -5.09. The number of carboxylic acids is 1. The Hall–Kier alpha value is -4.20. The van der Waals surface area contributed by atoms with Gasteiger partial charge in [0, 0.05) is 22.9 Å². The van der Waals surface area contributed by atoms with Gasteiger partial charge >= 0.3 is 12.1 Å². The zero-order valence-corrected chi connectivity index (χ0v) is 21.9. The van der Waals surface area contributed by atoms with Gasteiger partial charge in [-0.25, -0.2) is 28.2 Å². The first-order valence-corrected chi connectivity index (χ1v) is 13.6. The number of carboxylic acid groups (broad SMARTS) is 1. The van der Waals surface area contributed by atoms with E-state index in [0.717, 1.165) is 5.38 Å². The number of aromatic nitrogens is 3. The van der Waals surface area contributed by atoms with Crippen LogP contribution in [0, 0.1) is 5.82 Å². The predicted octanol–water partition coefficient (Wildman–Crippen LogP) is 6.09. The van der Waals surface area contributed by atoms with Crippen LogP contribution < -0.4 is 5.14 Å². The summed E-state index contributed by atoms with van der Waals surface area (Å²) < 4.78 is 69.6. The third-order valence-corrected chi connectivity index (χ3v) is 7.55. The molecule has 3 N–H and O–H groups in total. The molecule has 7 nitrogen and oxygen atoms in total. The maximum atomic E-state index is 14.7. The van der Waals surface area contributed by atoms with E-state index in [4.69, 9.17) is 5.14 Å². The molecule has 0 spiro atoms. The van der Waals surface area contributed by atoms with Gasteiger partial charge < -0.3 is 5.11 Å². The Bertz CT molecular complexity index is 1730. The van der Waals surface area contributed by atoms with E-state index in [0.29, 0.717) is 43.2 Å². The van der Waals surface area contributed by atoms with Gasteiger partial charge in [-0.15, -0.1) is 11.3 Å². The SMILES string of the molecule is NS(=O)c1ccc(Cc2c(-c3cccc(-c4ccc(F)cc4)c3)nn(-c3nc(C(=O)O)cs3)c2C(F)(F)F)cc1. The standard InChI is InChI=1S/C27H18F4N4O3S2/c28-19-8-6-16(7-9-19)17-2-1-3-18(13-17)23-21(12-15-4-10-20(11-5-15)40(32)38)24(27(29,30)31)35(34-23)26-33-22(14-39-26)25(36)37/h1-11,13-14H,12,32H2,(H,36,37). The lowest BCUT2D eigenvalue weighted by atomic mass is 9.96. The quantitative estimate of drug-likeness (QED) is 0.224. The highest BCUT2D eigenvalue weighted by atomic mass is 32.2. The van der Waals surface area contributed by atoms with E-state index in [1.54, 1.807) is 36.4 Å². The Morgan fingerprint density at radius 2 is 1.68 bits per heavy atom. The number of hydrogen-bond donors (Lipinski definition) is 2. The third kappa shape index (κ3) is 5.57. The van der Waals surface area contributed by atoms with Crippen molar-refractivity contribution in [1.82, 2.24) is 14.8 Å². The molecule has 0 aliphatic heterocycles. The molecule has 3 aromatic carbocycles. The Kier molecular flexibility index (Phi) is 7.36. The van der Waals surface area contributed by atoms with Crippen LogP contribution in [0.2, 0.25) is 0 Å². The van der Waals surface area contributed by atoms with E-state index in [2.05, 4.69) is 10.1 Å². The fraction of sp³-hybridized carbons (Fsp3) is 0.0741. The fourth-order valence-electron chi connectivity index (χ4n) is 4.17. The van der Waals surface area contributed by atoms with Crippen LogP contribution in [-0.4, -0.2) is 30.0 Å². The molecule has 0 saturated heterocycles. The molecule has 1 atom stereocenters. The molecular formula is C27H18F4N4O3S2. The van der Waals surface area contributed by atoms with Gasteiger partial charge in [-0.1, -0.05) is 42.5 Å². The van der Waals surface area contributed by atoms with Gasteiger partial charge in [0.05, 0.1) is 10.6 Å². The fourth-order valence-corrected chi connectivity index (χ4v) is 5.33. The lowest BCUT2D eigenvalue weighted by molar-refractivity contribution is -0.143. The zero-order chi connectivity index (χ0) is 28.6. The molecule has 0 amide bonds. The molecule has 0 aliphatic rings. The summed E-state index contributed by atoms with van der Waals surface area (Å²) in [7, 11) is -1.76. The molecule has 5 rings (SSSR count). The van der Waals surface area contributed by atoms with Crippen LogP contribution in [0.4, 0.5) is 17.6 Å². The highest BCUT2D eigenvalue weighted by molar-refractivity contribution is 7.82. The smallest absolute Gasteiger partial charge is 0.433 e. The molecular weight excluding hydrogens is 568 g/mol. The largest absolute Gasteiger partial charge is 0.476 e. The zero-order valence-electron chi connectivity index (χ0n) is 20.2. The van der Waals surface area contributed by atoms with Crippen LogP contribution in [-0.2, 0) is 23.6 Å². The van der Waals surface area contributed by atoms with Crippen molar-refractivity contribution >= 4 is 28.3 Å². The summed E-state index contributed by atoms with van der Waals surface area (Å²) in [5, 5.41) is 19.8. The number of thiazole rings is 1. The molecule has 0 aliphatic carbocycles. The molecule has 13 heteroatoms. The molecule has 2 heterocycles. The average Bonchev–Trinajstić information content (AvgIpc) is 3.55. The molecule has 0 fully saturated rings. The number of benzene rings is 3. The highest BCUT2D eigenvalue weighted by Gasteiger charge is 2.41.